The highest BCUT2D eigenvalue weighted by Gasteiger charge is 2.27. The third-order valence-corrected chi connectivity index (χ3v) is 4.48. The SMILES string of the molecule is Cc1ccc(C(C)(O)Cc2c(Br)c(C)nn2C)cc1. The van der Waals surface area contributed by atoms with E-state index in [1.807, 2.05) is 56.8 Å². The van der Waals surface area contributed by atoms with Crippen molar-refractivity contribution in [2.45, 2.75) is 32.8 Å². The van der Waals surface area contributed by atoms with E-state index in [4.69, 9.17) is 0 Å². The van der Waals surface area contributed by atoms with Crippen LogP contribution in [0.1, 0.15) is 29.4 Å². The average molecular weight is 323 g/mol. The predicted molar refractivity (Wildman–Crippen MR) is 80.1 cm³/mol. The first kappa shape index (κ1) is 14.3. The molecule has 0 fully saturated rings. The molecule has 0 spiro atoms. The normalized spacial score (nSPS) is 14.4. The van der Waals surface area contributed by atoms with E-state index in [1.165, 1.54) is 5.56 Å². The highest BCUT2D eigenvalue weighted by Crippen LogP contribution is 2.30. The molecule has 4 heteroatoms. The Kier molecular flexibility index (Phi) is 3.83. The average Bonchev–Trinajstić information content (AvgIpc) is 2.56. The van der Waals surface area contributed by atoms with Crippen LogP contribution in [-0.2, 0) is 19.1 Å². The molecule has 102 valence electrons. The van der Waals surface area contributed by atoms with Gasteiger partial charge in [0.05, 0.1) is 21.5 Å². The lowest BCUT2D eigenvalue weighted by Crippen LogP contribution is -2.25. The summed E-state index contributed by atoms with van der Waals surface area (Å²) in [6, 6.07) is 8.00. The molecule has 1 heterocycles. The number of aryl methyl sites for hydroxylation is 3. The van der Waals surface area contributed by atoms with E-state index in [2.05, 4.69) is 21.0 Å². The Balaban J connectivity index is 2.33. The lowest BCUT2D eigenvalue weighted by molar-refractivity contribution is 0.0554. The summed E-state index contributed by atoms with van der Waals surface area (Å²) in [6.07, 6.45) is 0.522. The molecule has 0 radical (unpaired) electrons. The summed E-state index contributed by atoms with van der Waals surface area (Å²) in [6.45, 7) is 5.83. The highest BCUT2D eigenvalue weighted by atomic mass is 79.9. The second kappa shape index (κ2) is 5.10. The molecule has 0 amide bonds. The van der Waals surface area contributed by atoms with Crippen molar-refractivity contribution in [3.05, 3.63) is 51.3 Å². The number of benzene rings is 1. The van der Waals surface area contributed by atoms with Crippen molar-refractivity contribution in [2.24, 2.45) is 7.05 Å². The Labute approximate surface area is 122 Å². The summed E-state index contributed by atoms with van der Waals surface area (Å²) in [7, 11) is 1.90. The summed E-state index contributed by atoms with van der Waals surface area (Å²) in [5.41, 5.74) is 3.15. The van der Waals surface area contributed by atoms with Crippen LogP contribution in [0.2, 0.25) is 0 Å². The molecule has 0 saturated carbocycles. The number of hydrogen-bond acceptors (Lipinski definition) is 2. The number of halogens is 1. The van der Waals surface area contributed by atoms with E-state index in [9.17, 15) is 5.11 Å². The van der Waals surface area contributed by atoms with Crippen LogP contribution in [0, 0.1) is 13.8 Å². The second-order valence-electron chi connectivity index (χ2n) is 5.29. The van der Waals surface area contributed by atoms with Crippen LogP contribution in [0.5, 0.6) is 0 Å². The minimum absolute atomic E-state index is 0.522. The maximum Gasteiger partial charge on any atom is 0.0924 e. The number of rotatable bonds is 3. The van der Waals surface area contributed by atoms with Crippen molar-refractivity contribution in [1.82, 2.24) is 9.78 Å². The van der Waals surface area contributed by atoms with Gasteiger partial charge in [0.25, 0.3) is 0 Å². The molecule has 0 bridgehead atoms. The molecule has 2 rings (SSSR count). The summed E-state index contributed by atoms with van der Waals surface area (Å²) < 4.78 is 2.80. The maximum atomic E-state index is 10.7. The third kappa shape index (κ3) is 2.90. The van der Waals surface area contributed by atoms with Gasteiger partial charge in [-0.1, -0.05) is 29.8 Å². The third-order valence-electron chi connectivity index (χ3n) is 3.45. The minimum Gasteiger partial charge on any atom is -0.385 e. The first-order chi connectivity index (χ1) is 8.81. The lowest BCUT2D eigenvalue weighted by atomic mass is 9.90. The monoisotopic (exact) mass is 322 g/mol. The molecule has 1 aromatic heterocycles. The van der Waals surface area contributed by atoms with Crippen LogP contribution in [0.4, 0.5) is 0 Å². The molecule has 0 aliphatic carbocycles. The predicted octanol–water partition coefficient (Wildman–Crippen LogP) is 3.25. The van der Waals surface area contributed by atoms with Crippen LogP contribution in [0.3, 0.4) is 0 Å². The van der Waals surface area contributed by atoms with E-state index in [0.717, 1.165) is 21.4 Å². The van der Waals surface area contributed by atoms with Crippen LogP contribution in [0.25, 0.3) is 0 Å². The summed E-state index contributed by atoms with van der Waals surface area (Å²) in [5.74, 6) is 0. The van der Waals surface area contributed by atoms with E-state index < -0.39 is 5.60 Å². The van der Waals surface area contributed by atoms with Crippen LogP contribution in [-0.4, -0.2) is 14.9 Å². The molecule has 0 aliphatic rings. The molecule has 19 heavy (non-hydrogen) atoms. The molecule has 2 aromatic rings. The zero-order valence-corrected chi connectivity index (χ0v) is 13.3. The first-order valence-electron chi connectivity index (χ1n) is 6.29. The van der Waals surface area contributed by atoms with E-state index in [0.29, 0.717) is 6.42 Å². The summed E-state index contributed by atoms with van der Waals surface area (Å²) in [4.78, 5) is 0. The van der Waals surface area contributed by atoms with Crippen molar-refractivity contribution < 1.29 is 5.11 Å². The standard InChI is InChI=1S/C15H19BrN2O/c1-10-5-7-12(8-6-10)15(3,19)9-13-14(16)11(2)17-18(13)4/h5-8,19H,9H2,1-4H3. The Morgan fingerprint density at radius 1 is 1.26 bits per heavy atom. The van der Waals surface area contributed by atoms with Gasteiger partial charge in [0.2, 0.25) is 0 Å². The molecule has 1 unspecified atom stereocenters. The van der Waals surface area contributed by atoms with Crippen molar-refractivity contribution >= 4 is 15.9 Å². The molecule has 1 N–H and O–H groups in total. The fourth-order valence-corrected chi connectivity index (χ4v) is 2.69. The van der Waals surface area contributed by atoms with Gasteiger partial charge < -0.3 is 5.11 Å². The lowest BCUT2D eigenvalue weighted by Gasteiger charge is -2.24. The van der Waals surface area contributed by atoms with E-state index in [1.54, 1.807) is 0 Å². The van der Waals surface area contributed by atoms with Crippen molar-refractivity contribution in [3.63, 3.8) is 0 Å². The number of hydrogen-bond donors (Lipinski definition) is 1. The molecule has 1 aromatic carbocycles. The van der Waals surface area contributed by atoms with E-state index >= 15 is 0 Å². The van der Waals surface area contributed by atoms with Gasteiger partial charge in [0, 0.05) is 13.5 Å². The number of aliphatic hydroxyl groups is 1. The molecule has 0 aliphatic heterocycles. The fraction of sp³-hybridized carbons (Fsp3) is 0.400. The van der Waals surface area contributed by atoms with Crippen molar-refractivity contribution in [1.29, 1.82) is 0 Å². The van der Waals surface area contributed by atoms with Crippen LogP contribution >= 0.6 is 15.9 Å². The highest BCUT2D eigenvalue weighted by molar-refractivity contribution is 9.10. The smallest absolute Gasteiger partial charge is 0.0924 e. The van der Waals surface area contributed by atoms with Gasteiger partial charge in [-0.25, -0.2) is 0 Å². The molecule has 3 nitrogen and oxygen atoms in total. The Bertz CT molecular complexity index is 585. The zero-order valence-electron chi connectivity index (χ0n) is 11.7. The Morgan fingerprint density at radius 2 is 1.84 bits per heavy atom. The minimum atomic E-state index is -0.906. The van der Waals surface area contributed by atoms with Gasteiger partial charge in [-0.15, -0.1) is 0 Å². The number of aromatic nitrogens is 2. The largest absolute Gasteiger partial charge is 0.385 e. The van der Waals surface area contributed by atoms with Gasteiger partial charge in [-0.3, -0.25) is 4.68 Å². The molecular formula is C15H19BrN2O. The van der Waals surface area contributed by atoms with Gasteiger partial charge in [0.15, 0.2) is 0 Å². The van der Waals surface area contributed by atoms with Gasteiger partial charge in [-0.2, -0.15) is 5.10 Å². The number of nitrogens with zero attached hydrogens (tertiary/aromatic N) is 2. The second-order valence-corrected chi connectivity index (χ2v) is 6.08. The maximum absolute atomic E-state index is 10.7. The Hall–Kier alpha value is -1.13. The van der Waals surface area contributed by atoms with Gasteiger partial charge in [0.1, 0.15) is 0 Å². The fourth-order valence-electron chi connectivity index (χ4n) is 2.21. The van der Waals surface area contributed by atoms with E-state index in [-0.39, 0.29) is 0 Å². The topological polar surface area (TPSA) is 38.1 Å². The van der Waals surface area contributed by atoms with Crippen LogP contribution in [0.15, 0.2) is 28.7 Å². The van der Waals surface area contributed by atoms with Crippen molar-refractivity contribution in [3.8, 4) is 0 Å². The van der Waals surface area contributed by atoms with Crippen LogP contribution < -0.4 is 0 Å². The summed E-state index contributed by atoms with van der Waals surface area (Å²) >= 11 is 3.54. The molecule has 1 atom stereocenters. The zero-order chi connectivity index (χ0) is 14.2. The Morgan fingerprint density at radius 3 is 2.32 bits per heavy atom. The molecule has 0 saturated heterocycles. The first-order valence-corrected chi connectivity index (χ1v) is 7.08. The van der Waals surface area contributed by atoms with Crippen molar-refractivity contribution in [2.75, 3.05) is 0 Å². The quantitative estimate of drug-likeness (QED) is 0.942. The van der Waals surface area contributed by atoms with Gasteiger partial charge in [-0.05, 0) is 42.3 Å². The molecular weight excluding hydrogens is 304 g/mol. The summed E-state index contributed by atoms with van der Waals surface area (Å²) in [5, 5.41) is 15.1. The van der Waals surface area contributed by atoms with Gasteiger partial charge >= 0.3 is 0 Å².